The average Bonchev–Trinajstić information content (AvgIpc) is 2.72. The highest BCUT2D eigenvalue weighted by Gasteiger charge is 2.32. The topological polar surface area (TPSA) is 46.9 Å². The van der Waals surface area contributed by atoms with Gasteiger partial charge in [-0.25, -0.2) is 4.98 Å². The van der Waals surface area contributed by atoms with Crippen LogP contribution < -0.4 is 5.32 Å². The predicted molar refractivity (Wildman–Crippen MR) is 61.8 cm³/mol. The van der Waals surface area contributed by atoms with Crippen LogP contribution in [0.1, 0.15) is 29.0 Å². The largest absolute Gasteiger partial charge is 0.417 e. The van der Waals surface area contributed by atoms with Gasteiger partial charge in [0.2, 0.25) is 0 Å². The molecule has 1 amide bonds. The van der Waals surface area contributed by atoms with Crippen molar-refractivity contribution in [1.29, 1.82) is 0 Å². The van der Waals surface area contributed by atoms with E-state index >= 15 is 0 Å². The third kappa shape index (κ3) is 1.76. The fourth-order valence-electron chi connectivity index (χ4n) is 2.31. The monoisotopic (exact) mass is 269 g/mol. The lowest BCUT2D eigenvalue weighted by Crippen LogP contribution is -2.37. The van der Waals surface area contributed by atoms with Crippen LogP contribution in [0.5, 0.6) is 0 Å². The van der Waals surface area contributed by atoms with Crippen molar-refractivity contribution in [2.24, 2.45) is 0 Å². The quantitative estimate of drug-likeness (QED) is 0.798. The summed E-state index contributed by atoms with van der Waals surface area (Å²) in [6.07, 6.45) is -3.63. The molecular weight excluding hydrogens is 259 g/mol. The van der Waals surface area contributed by atoms with Gasteiger partial charge in [0.15, 0.2) is 0 Å². The SMILES string of the molecule is C[C@@H]1CNC(=O)c2cc3cc(C(F)(F)F)cnc3n21. The van der Waals surface area contributed by atoms with Gasteiger partial charge in [-0.3, -0.25) is 4.79 Å². The summed E-state index contributed by atoms with van der Waals surface area (Å²) in [5.41, 5.74) is -0.0538. The van der Waals surface area contributed by atoms with Gasteiger partial charge in [-0.05, 0) is 19.1 Å². The minimum absolute atomic E-state index is 0.0329. The predicted octanol–water partition coefficient (Wildman–Crippen LogP) is 2.36. The molecule has 2 aromatic rings. The minimum Gasteiger partial charge on any atom is -0.349 e. The third-order valence-electron chi connectivity index (χ3n) is 3.23. The molecule has 1 aliphatic rings. The lowest BCUT2D eigenvalue weighted by molar-refractivity contribution is -0.137. The molecule has 2 aromatic heterocycles. The maximum atomic E-state index is 12.6. The lowest BCUT2D eigenvalue weighted by atomic mass is 10.2. The number of nitrogens with zero attached hydrogens (tertiary/aromatic N) is 2. The Balaban J connectivity index is 2.25. The van der Waals surface area contributed by atoms with E-state index < -0.39 is 11.7 Å². The number of hydrogen-bond acceptors (Lipinski definition) is 2. The Labute approximate surface area is 106 Å². The Bertz CT molecular complexity index is 675. The van der Waals surface area contributed by atoms with Gasteiger partial charge in [0.05, 0.1) is 11.6 Å². The Morgan fingerprint density at radius 1 is 1.42 bits per heavy atom. The second-order valence-corrected chi connectivity index (χ2v) is 4.59. The number of fused-ring (bicyclic) bond motifs is 3. The maximum Gasteiger partial charge on any atom is 0.417 e. The van der Waals surface area contributed by atoms with E-state index in [0.29, 0.717) is 23.3 Å². The second-order valence-electron chi connectivity index (χ2n) is 4.59. The third-order valence-corrected chi connectivity index (χ3v) is 3.23. The molecule has 0 spiro atoms. The Morgan fingerprint density at radius 2 is 2.16 bits per heavy atom. The molecule has 19 heavy (non-hydrogen) atoms. The van der Waals surface area contributed by atoms with Gasteiger partial charge in [-0.2, -0.15) is 13.2 Å². The second kappa shape index (κ2) is 3.72. The number of hydrogen-bond donors (Lipinski definition) is 1. The van der Waals surface area contributed by atoms with Crippen LogP contribution in [0.25, 0.3) is 11.0 Å². The molecule has 4 nitrogen and oxygen atoms in total. The van der Waals surface area contributed by atoms with Gasteiger partial charge in [0.25, 0.3) is 5.91 Å². The van der Waals surface area contributed by atoms with Crippen molar-refractivity contribution in [1.82, 2.24) is 14.9 Å². The van der Waals surface area contributed by atoms with Gasteiger partial charge in [0, 0.05) is 18.1 Å². The molecule has 7 heteroatoms. The van der Waals surface area contributed by atoms with E-state index in [1.54, 1.807) is 4.57 Å². The van der Waals surface area contributed by atoms with Crippen LogP contribution in [0.2, 0.25) is 0 Å². The number of aromatic nitrogens is 2. The molecule has 0 saturated carbocycles. The van der Waals surface area contributed by atoms with E-state index in [0.717, 1.165) is 12.3 Å². The Hall–Kier alpha value is -2.05. The summed E-state index contributed by atoms with van der Waals surface area (Å²) in [6, 6.07) is 2.44. The molecule has 0 unspecified atom stereocenters. The Kier molecular flexibility index (Phi) is 2.35. The van der Waals surface area contributed by atoms with Crippen LogP contribution in [0.15, 0.2) is 18.3 Å². The zero-order chi connectivity index (χ0) is 13.8. The molecule has 1 aliphatic heterocycles. The number of carbonyl (C=O) groups is 1. The molecule has 3 heterocycles. The summed E-state index contributed by atoms with van der Waals surface area (Å²) in [4.78, 5) is 15.6. The molecule has 0 aliphatic carbocycles. The smallest absolute Gasteiger partial charge is 0.349 e. The van der Waals surface area contributed by atoms with E-state index in [4.69, 9.17) is 0 Å². The van der Waals surface area contributed by atoms with Crippen LogP contribution in [0, 0.1) is 0 Å². The molecule has 0 aromatic carbocycles. The van der Waals surface area contributed by atoms with Crippen molar-refractivity contribution in [3.05, 3.63) is 29.6 Å². The fourth-order valence-corrected chi connectivity index (χ4v) is 2.31. The summed E-state index contributed by atoms with van der Waals surface area (Å²) in [7, 11) is 0. The van der Waals surface area contributed by atoms with E-state index in [-0.39, 0.29) is 11.9 Å². The first kappa shape index (κ1) is 12.0. The highest BCUT2D eigenvalue weighted by Crippen LogP contribution is 2.32. The summed E-state index contributed by atoms with van der Waals surface area (Å²) in [5.74, 6) is -0.287. The number of pyridine rings is 1. The van der Waals surface area contributed by atoms with Gasteiger partial charge >= 0.3 is 6.18 Å². The van der Waals surface area contributed by atoms with Gasteiger partial charge < -0.3 is 9.88 Å². The first-order valence-electron chi connectivity index (χ1n) is 5.74. The van der Waals surface area contributed by atoms with Crippen LogP contribution in [0.4, 0.5) is 13.2 Å². The Morgan fingerprint density at radius 3 is 2.84 bits per heavy atom. The molecule has 100 valence electrons. The van der Waals surface area contributed by atoms with Crippen molar-refractivity contribution in [3.63, 3.8) is 0 Å². The lowest BCUT2D eigenvalue weighted by Gasteiger charge is -2.23. The van der Waals surface area contributed by atoms with Crippen LogP contribution in [-0.2, 0) is 6.18 Å². The van der Waals surface area contributed by atoms with Crippen LogP contribution in [0.3, 0.4) is 0 Å². The number of alkyl halides is 3. The average molecular weight is 269 g/mol. The molecule has 3 rings (SSSR count). The van der Waals surface area contributed by atoms with E-state index in [2.05, 4.69) is 10.3 Å². The zero-order valence-electron chi connectivity index (χ0n) is 9.95. The zero-order valence-corrected chi connectivity index (χ0v) is 9.95. The molecule has 0 radical (unpaired) electrons. The normalized spacial score (nSPS) is 19.4. The molecule has 0 saturated heterocycles. The first-order chi connectivity index (χ1) is 8.88. The summed E-state index contributed by atoms with van der Waals surface area (Å²) in [6.45, 7) is 2.32. The van der Waals surface area contributed by atoms with Gasteiger partial charge in [0.1, 0.15) is 11.3 Å². The molecular formula is C12H10F3N3O. The number of amides is 1. The number of carbonyl (C=O) groups excluding carboxylic acids is 1. The highest BCUT2D eigenvalue weighted by atomic mass is 19.4. The standard InChI is InChI=1S/C12H10F3N3O/c1-6-4-17-11(19)9-3-7-2-8(12(13,14)15)5-16-10(7)18(6)9/h2-3,5-6H,4H2,1H3,(H,17,19)/t6-/m1/s1. The van der Waals surface area contributed by atoms with Crippen molar-refractivity contribution >= 4 is 16.9 Å². The highest BCUT2D eigenvalue weighted by molar-refractivity contribution is 5.98. The van der Waals surface area contributed by atoms with E-state index in [1.807, 2.05) is 6.92 Å². The minimum atomic E-state index is -4.43. The molecule has 1 atom stereocenters. The van der Waals surface area contributed by atoms with Crippen molar-refractivity contribution < 1.29 is 18.0 Å². The fraction of sp³-hybridized carbons (Fsp3) is 0.333. The molecule has 0 bridgehead atoms. The summed E-state index contributed by atoms with van der Waals surface area (Å²) in [5, 5.41) is 3.01. The van der Waals surface area contributed by atoms with Crippen molar-refractivity contribution in [2.75, 3.05) is 6.54 Å². The number of halogens is 3. The van der Waals surface area contributed by atoms with E-state index in [9.17, 15) is 18.0 Å². The van der Waals surface area contributed by atoms with Gasteiger partial charge in [-0.15, -0.1) is 0 Å². The van der Waals surface area contributed by atoms with Crippen molar-refractivity contribution in [2.45, 2.75) is 19.1 Å². The van der Waals surface area contributed by atoms with E-state index in [1.165, 1.54) is 6.07 Å². The first-order valence-corrected chi connectivity index (χ1v) is 5.74. The number of nitrogens with one attached hydrogen (secondary N) is 1. The number of rotatable bonds is 0. The summed E-state index contributed by atoms with van der Waals surface area (Å²) >= 11 is 0. The van der Waals surface area contributed by atoms with Crippen LogP contribution >= 0.6 is 0 Å². The maximum absolute atomic E-state index is 12.6. The van der Waals surface area contributed by atoms with Crippen molar-refractivity contribution in [3.8, 4) is 0 Å². The van der Waals surface area contributed by atoms with Crippen LogP contribution in [-0.4, -0.2) is 22.0 Å². The van der Waals surface area contributed by atoms with Gasteiger partial charge in [-0.1, -0.05) is 0 Å². The molecule has 1 N–H and O–H groups in total. The molecule has 0 fully saturated rings. The summed E-state index contributed by atoms with van der Waals surface area (Å²) < 4.78 is 39.6.